The number of sulfonamides is 1. The quantitative estimate of drug-likeness (QED) is 0.672. The molecule has 2 heterocycles. The van der Waals surface area contributed by atoms with Gasteiger partial charge in [0, 0.05) is 24.7 Å². The Morgan fingerprint density at radius 3 is 2.79 bits per heavy atom. The Hall–Kier alpha value is -2.40. The van der Waals surface area contributed by atoms with Crippen LogP contribution in [0, 0.1) is 5.82 Å². The summed E-state index contributed by atoms with van der Waals surface area (Å²) in [4.78, 5) is 16.6. The summed E-state index contributed by atoms with van der Waals surface area (Å²) in [6.07, 6.45) is -0.779. The van der Waals surface area contributed by atoms with Crippen molar-refractivity contribution in [1.82, 2.24) is 9.62 Å². The second-order valence-electron chi connectivity index (χ2n) is 7.69. The number of nitrogens with two attached hydrogens (primary N) is 1. The second-order valence-corrected chi connectivity index (χ2v) is 9.70. The summed E-state index contributed by atoms with van der Waals surface area (Å²) in [5.41, 5.74) is 2.23. The van der Waals surface area contributed by atoms with Crippen LogP contribution in [-0.2, 0) is 25.0 Å². The lowest BCUT2D eigenvalue weighted by Gasteiger charge is -2.39. The molecule has 1 fully saturated rings. The number of rotatable bonds is 1. The van der Waals surface area contributed by atoms with E-state index in [-0.39, 0.29) is 30.2 Å². The van der Waals surface area contributed by atoms with Crippen LogP contribution in [0.1, 0.15) is 32.8 Å². The lowest BCUT2D eigenvalue weighted by molar-refractivity contribution is 0.0557. The lowest BCUT2D eigenvalue weighted by Crippen LogP contribution is -2.58. The molecule has 154 valence electrons. The fraction of sp³-hybridized carbons (Fsp3) is 0.529. The molecule has 11 heteroatoms. The number of hydrogen-bond donors (Lipinski definition) is 2. The molecular weight excluding hydrogens is 391 g/mol. The molecule has 0 saturated carbocycles. The topological polar surface area (TPSA) is 123 Å². The van der Waals surface area contributed by atoms with Crippen molar-refractivity contribution in [2.45, 2.75) is 43.8 Å². The van der Waals surface area contributed by atoms with Gasteiger partial charge in [0.05, 0.1) is 6.61 Å². The Morgan fingerprint density at radius 2 is 2.14 bits per heavy atom. The number of benzene rings is 1. The number of amides is 1. The van der Waals surface area contributed by atoms with Crippen LogP contribution in [0.25, 0.3) is 0 Å². The van der Waals surface area contributed by atoms with Crippen molar-refractivity contribution in [3.63, 3.8) is 0 Å². The first-order valence-corrected chi connectivity index (χ1v) is 10.1. The van der Waals surface area contributed by atoms with Crippen molar-refractivity contribution in [3.05, 3.63) is 29.6 Å². The minimum atomic E-state index is -4.11. The van der Waals surface area contributed by atoms with E-state index in [1.807, 2.05) is 0 Å². The maximum atomic E-state index is 14.6. The molecule has 1 aromatic carbocycles. The number of aliphatic imine (C=N–C) groups is 1. The number of anilines is 1. The van der Waals surface area contributed by atoms with E-state index in [1.165, 1.54) is 19.2 Å². The molecule has 2 atom stereocenters. The number of alkyl carbamates (subject to hydrolysis) is 1. The Balaban J connectivity index is 2.13. The maximum Gasteiger partial charge on any atom is 0.414 e. The summed E-state index contributed by atoms with van der Waals surface area (Å²) in [5, 5.41) is 2.35. The molecule has 0 radical (unpaired) electrons. The predicted octanol–water partition coefficient (Wildman–Crippen LogP) is 1.51. The number of ether oxygens (including phenoxy) is 2. The van der Waals surface area contributed by atoms with Crippen molar-refractivity contribution >= 4 is 27.8 Å². The van der Waals surface area contributed by atoms with E-state index in [4.69, 9.17) is 15.2 Å². The van der Waals surface area contributed by atoms with Gasteiger partial charge < -0.3 is 15.2 Å². The van der Waals surface area contributed by atoms with Crippen molar-refractivity contribution in [2.24, 2.45) is 4.99 Å². The molecule has 28 heavy (non-hydrogen) atoms. The van der Waals surface area contributed by atoms with Gasteiger partial charge in [-0.3, -0.25) is 5.32 Å². The predicted molar refractivity (Wildman–Crippen MR) is 100 cm³/mol. The number of guanidine groups is 1. The highest BCUT2D eigenvalue weighted by molar-refractivity contribution is 7.90. The average Bonchev–Trinajstić information content (AvgIpc) is 2.99. The van der Waals surface area contributed by atoms with Crippen LogP contribution in [-0.4, -0.2) is 49.5 Å². The molecule has 2 aliphatic rings. The molecule has 1 aromatic rings. The van der Waals surface area contributed by atoms with Crippen molar-refractivity contribution in [2.75, 3.05) is 19.4 Å². The summed E-state index contributed by atoms with van der Waals surface area (Å²) in [7, 11) is -2.88. The first-order chi connectivity index (χ1) is 12.9. The Bertz CT molecular complexity index is 943. The van der Waals surface area contributed by atoms with Gasteiger partial charge in [-0.2, -0.15) is 0 Å². The molecule has 1 saturated heterocycles. The first kappa shape index (κ1) is 20.3. The number of nitrogen functional groups attached to an aromatic ring is 1. The Morgan fingerprint density at radius 1 is 1.46 bits per heavy atom. The van der Waals surface area contributed by atoms with Gasteiger partial charge in [0.2, 0.25) is 11.4 Å². The molecule has 0 bridgehead atoms. The van der Waals surface area contributed by atoms with Gasteiger partial charge in [0.25, 0.3) is 10.0 Å². The van der Waals surface area contributed by atoms with Crippen molar-refractivity contribution in [1.29, 1.82) is 0 Å². The minimum absolute atomic E-state index is 0.00448. The molecule has 0 aliphatic carbocycles. The van der Waals surface area contributed by atoms with Gasteiger partial charge in [-0.25, -0.2) is 26.9 Å². The molecule has 3 rings (SSSR count). The van der Waals surface area contributed by atoms with E-state index in [9.17, 15) is 17.6 Å². The van der Waals surface area contributed by atoms with Gasteiger partial charge in [-0.15, -0.1) is 0 Å². The summed E-state index contributed by atoms with van der Waals surface area (Å²) in [5.74, 6) is -0.942. The van der Waals surface area contributed by atoms with Gasteiger partial charge in [-0.1, -0.05) is 0 Å². The normalized spacial score (nSPS) is 26.4. The van der Waals surface area contributed by atoms with Gasteiger partial charge in [0.1, 0.15) is 17.0 Å². The fourth-order valence-corrected chi connectivity index (χ4v) is 4.91. The largest absolute Gasteiger partial charge is 0.444 e. The highest BCUT2D eigenvalue weighted by atomic mass is 32.2. The number of carbonyl (C=O) groups is 1. The van der Waals surface area contributed by atoms with E-state index in [0.29, 0.717) is 0 Å². The van der Waals surface area contributed by atoms with Crippen LogP contribution in [0.5, 0.6) is 0 Å². The zero-order chi connectivity index (χ0) is 20.9. The summed E-state index contributed by atoms with van der Waals surface area (Å²) >= 11 is 0. The SMILES string of the molecule is CN1C(NC(=O)OC(C)(C)C)=N[C@@]2(c3cc(N)ccc3F)CCOC2S1(=O)=O. The Kier molecular flexibility index (Phi) is 4.79. The number of carbonyl (C=O) groups excluding carboxylic acids is 1. The monoisotopic (exact) mass is 414 g/mol. The van der Waals surface area contributed by atoms with Crippen LogP contribution in [0.2, 0.25) is 0 Å². The maximum absolute atomic E-state index is 14.6. The van der Waals surface area contributed by atoms with Crippen molar-refractivity contribution < 1.29 is 27.1 Å². The molecule has 3 N–H and O–H groups in total. The molecule has 0 spiro atoms. The van der Waals surface area contributed by atoms with Crippen LogP contribution in [0.15, 0.2) is 23.2 Å². The number of halogens is 1. The zero-order valence-electron chi connectivity index (χ0n) is 16.0. The third kappa shape index (κ3) is 3.39. The molecule has 1 unspecified atom stereocenters. The smallest absolute Gasteiger partial charge is 0.414 e. The van der Waals surface area contributed by atoms with E-state index in [1.54, 1.807) is 20.8 Å². The van der Waals surface area contributed by atoms with Crippen molar-refractivity contribution in [3.8, 4) is 0 Å². The third-order valence-electron chi connectivity index (χ3n) is 4.47. The number of nitrogens with one attached hydrogen (secondary N) is 1. The molecular formula is C17H23FN4O5S. The summed E-state index contributed by atoms with van der Waals surface area (Å²) in [6, 6.07) is 3.86. The first-order valence-electron chi connectivity index (χ1n) is 8.61. The number of nitrogens with zero attached hydrogens (tertiary/aromatic N) is 2. The molecule has 2 aliphatic heterocycles. The minimum Gasteiger partial charge on any atom is -0.444 e. The highest BCUT2D eigenvalue weighted by Gasteiger charge is 2.59. The van der Waals surface area contributed by atoms with Crippen LogP contribution >= 0.6 is 0 Å². The number of hydrogen-bond acceptors (Lipinski definition) is 7. The van der Waals surface area contributed by atoms with Crippen LogP contribution in [0.4, 0.5) is 14.9 Å². The second kappa shape index (κ2) is 6.59. The molecule has 0 aromatic heterocycles. The van der Waals surface area contributed by atoms with Crippen LogP contribution in [0.3, 0.4) is 0 Å². The third-order valence-corrected chi connectivity index (χ3v) is 6.47. The molecule has 1 amide bonds. The lowest BCUT2D eigenvalue weighted by atomic mass is 9.88. The average molecular weight is 414 g/mol. The summed E-state index contributed by atoms with van der Waals surface area (Å²) in [6.45, 7) is 5.05. The number of fused-ring (bicyclic) bond motifs is 1. The molecule has 9 nitrogen and oxygen atoms in total. The highest BCUT2D eigenvalue weighted by Crippen LogP contribution is 2.46. The van der Waals surface area contributed by atoms with Crippen LogP contribution < -0.4 is 11.1 Å². The van der Waals surface area contributed by atoms with Gasteiger partial charge in [0.15, 0.2) is 0 Å². The van der Waals surface area contributed by atoms with E-state index in [0.717, 1.165) is 10.4 Å². The Labute approximate surface area is 162 Å². The van der Waals surface area contributed by atoms with E-state index in [2.05, 4.69) is 10.3 Å². The summed E-state index contributed by atoms with van der Waals surface area (Å²) < 4.78 is 52.1. The van der Waals surface area contributed by atoms with Gasteiger partial charge >= 0.3 is 6.09 Å². The fourth-order valence-electron chi connectivity index (χ4n) is 3.24. The zero-order valence-corrected chi connectivity index (χ0v) is 16.8. The van der Waals surface area contributed by atoms with E-state index >= 15 is 0 Å². The standard InChI is InChI=1S/C17H23FN4O5S/c1-16(2,3)27-15(23)20-14-21-17(11-9-10(19)5-6-12(11)18)7-8-26-13(17)28(24,25)22(14)4/h5-6,9,13H,7-8,19H2,1-4H3,(H,20,21,23)/t13?,17-/m1/s1. The van der Waals surface area contributed by atoms with Gasteiger partial charge in [-0.05, 0) is 39.0 Å². The van der Waals surface area contributed by atoms with E-state index < -0.39 is 38.5 Å².